The maximum absolute atomic E-state index is 13.1. The first-order chi connectivity index (χ1) is 8.61. The second-order valence-electron chi connectivity index (χ2n) is 3.96. The molecular formula is C14H12Cl2FN. The van der Waals surface area contributed by atoms with Crippen LogP contribution in [0.5, 0.6) is 0 Å². The van der Waals surface area contributed by atoms with Gasteiger partial charge in [0.05, 0.1) is 5.02 Å². The fourth-order valence-corrected chi connectivity index (χ4v) is 2.29. The van der Waals surface area contributed by atoms with Crippen molar-refractivity contribution in [1.29, 1.82) is 0 Å². The Hall–Kier alpha value is -1.09. The van der Waals surface area contributed by atoms with Gasteiger partial charge in [0.2, 0.25) is 0 Å². The normalized spacial score (nSPS) is 10.7. The molecule has 2 aromatic rings. The van der Waals surface area contributed by atoms with E-state index in [1.165, 1.54) is 12.1 Å². The van der Waals surface area contributed by atoms with Gasteiger partial charge in [-0.15, -0.1) is 0 Å². The molecule has 0 radical (unpaired) electrons. The first-order valence-electron chi connectivity index (χ1n) is 5.50. The molecular weight excluding hydrogens is 272 g/mol. The number of benzene rings is 2. The molecule has 2 aromatic carbocycles. The van der Waals surface area contributed by atoms with Crippen molar-refractivity contribution in [3.63, 3.8) is 0 Å². The monoisotopic (exact) mass is 283 g/mol. The lowest BCUT2D eigenvalue weighted by Crippen LogP contribution is -2.06. The van der Waals surface area contributed by atoms with Crippen molar-refractivity contribution in [3.05, 3.63) is 57.8 Å². The summed E-state index contributed by atoms with van der Waals surface area (Å²) in [6, 6.07) is 9.98. The van der Waals surface area contributed by atoms with Gasteiger partial charge in [-0.3, -0.25) is 0 Å². The quantitative estimate of drug-likeness (QED) is 0.873. The van der Waals surface area contributed by atoms with Crippen LogP contribution in [0.4, 0.5) is 4.39 Å². The molecule has 0 aliphatic carbocycles. The average molecular weight is 284 g/mol. The minimum atomic E-state index is -0.346. The van der Waals surface area contributed by atoms with Crippen LogP contribution in [0.3, 0.4) is 0 Å². The lowest BCUT2D eigenvalue weighted by molar-refractivity contribution is 0.628. The zero-order valence-corrected chi connectivity index (χ0v) is 11.3. The Morgan fingerprint density at radius 3 is 2.50 bits per heavy atom. The van der Waals surface area contributed by atoms with Crippen LogP contribution in [-0.4, -0.2) is 7.05 Å². The Bertz CT molecular complexity index is 570. The molecule has 0 aliphatic heterocycles. The van der Waals surface area contributed by atoms with Gasteiger partial charge in [0.1, 0.15) is 5.82 Å². The zero-order valence-electron chi connectivity index (χ0n) is 9.81. The van der Waals surface area contributed by atoms with Crippen LogP contribution < -0.4 is 5.32 Å². The molecule has 1 N–H and O–H groups in total. The Morgan fingerprint density at radius 2 is 1.83 bits per heavy atom. The van der Waals surface area contributed by atoms with Gasteiger partial charge in [-0.25, -0.2) is 4.39 Å². The summed E-state index contributed by atoms with van der Waals surface area (Å²) >= 11 is 12.1. The second-order valence-corrected chi connectivity index (χ2v) is 4.80. The maximum atomic E-state index is 13.1. The van der Waals surface area contributed by atoms with Crippen molar-refractivity contribution >= 4 is 23.2 Å². The van der Waals surface area contributed by atoms with Gasteiger partial charge in [-0.05, 0) is 48.5 Å². The van der Waals surface area contributed by atoms with E-state index in [9.17, 15) is 4.39 Å². The first-order valence-corrected chi connectivity index (χ1v) is 6.26. The van der Waals surface area contributed by atoms with Crippen molar-refractivity contribution in [2.24, 2.45) is 0 Å². The van der Waals surface area contributed by atoms with Gasteiger partial charge >= 0.3 is 0 Å². The summed E-state index contributed by atoms with van der Waals surface area (Å²) in [4.78, 5) is 0. The van der Waals surface area contributed by atoms with E-state index in [-0.39, 0.29) is 5.82 Å². The molecule has 0 spiro atoms. The summed E-state index contributed by atoms with van der Waals surface area (Å²) < 4.78 is 13.1. The van der Waals surface area contributed by atoms with Crippen LogP contribution in [0.25, 0.3) is 11.1 Å². The number of halogens is 3. The van der Waals surface area contributed by atoms with Gasteiger partial charge in [-0.1, -0.05) is 29.3 Å². The molecule has 18 heavy (non-hydrogen) atoms. The predicted molar refractivity (Wildman–Crippen MR) is 74.6 cm³/mol. The molecule has 0 saturated heterocycles. The molecule has 0 saturated carbocycles. The lowest BCUT2D eigenvalue weighted by Gasteiger charge is -2.11. The highest BCUT2D eigenvalue weighted by molar-refractivity contribution is 6.34. The Labute approximate surface area is 116 Å². The number of rotatable bonds is 3. The van der Waals surface area contributed by atoms with Crippen molar-refractivity contribution in [3.8, 4) is 11.1 Å². The van der Waals surface area contributed by atoms with Crippen LogP contribution in [0.2, 0.25) is 10.0 Å². The summed E-state index contributed by atoms with van der Waals surface area (Å²) in [5.74, 6) is -0.346. The molecule has 0 bridgehead atoms. The molecule has 0 unspecified atom stereocenters. The van der Waals surface area contributed by atoms with Crippen LogP contribution in [0.15, 0.2) is 36.4 Å². The summed E-state index contributed by atoms with van der Waals surface area (Å²) in [5, 5.41) is 4.10. The fraction of sp³-hybridized carbons (Fsp3) is 0.143. The van der Waals surface area contributed by atoms with Gasteiger partial charge in [-0.2, -0.15) is 0 Å². The van der Waals surface area contributed by atoms with E-state index in [1.807, 2.05) is 25.2 Å². The molecule has 1 nitrogen and oxygen atoms in total. The van der Waals surface area contributed by atoms with E-state index in [2.05, 4.69) is 5.32 Å². The lowest BCUT2D eigenvalue weighted by atomic mass is 9.99. The van der Waals surface area contributed by atoms with Crippen molar-refractivity contribution in [1.82, 2.24) is 5.32 Å². The average Bonchev–Trinajstić information content (AvgIpc) is 2.32. The van der Waals surface area contributed by atoms with Gasteiger partial charge in [0, 0.05) is 17.1 Å². The Morgan fingerprint density at radius 1 is 1.06 bits per heavy atom. The fourth-order valence-electron chi connectivity index (χ4n) is 1.85. The maximum Gasteiger partial charge on any atom is 0.124 e. The van der Waals surface area contributed by atoms with Gasteiger partial charge in [0.15, 0.2) is 0 Å². The predicted octanol–water partition coefficient (Wildman–Crippen LogP) is 4.52. The van der Waals surface area contributed by atoms with Crippen LogP contribution in [0, 0.1) is 5.82 Å². The van der Waals surface area contributed by atoms with Crippen LogP contribution in [0.1, 0.15) is 5.56 Å². The summed E-state index contributed by atoms with van der Waals surface area (Å²) in [6.45, 7) is 0.695. The van der Waals surface area contributed by atoms with Crippen molar-refractivity contribution in [2.75, 3.05) is 7.05 Å². The smallest absolute Gasteiger partial charge is 0.124 e. The minimum absolute atomic E-state index is 0.346. The molecule has 2 rings (SSSR count). The Kier molecular flexibility index (Phi) is 4.23. The minimum Gasteiger partial charge on any atom is -0.316 e. The standard InChI is InChI=1S/C14H12Cl2FN/c1-18-8-9-2-3-10(15)6-13(9)12-5-4-11(17)7-14(12)16/h2-7,18H,8H2,1H3. The topological polar surface area (TPSA) is 12.0 Å². The molecule has 0 fully saturated rings. The molecule has 94 valence electrons. The number of nitrogens with one attached hydrogen (secondary N) is 1. The van der Waals surface area contributed by atoms with E-state index in [0.717, 1.165) is 16.7 Å². The van der Waals surface area contributed by atoms with Gasteiger partial charge < -0.3 is 5.32 Å². The molecule has 4 heteroatoms. The third kappa shape index (κ3) is 2.83. The Balaban J connectivity index is 2.57. The van der Waals surface area contributed by atoms with E-state index in [4.69, 9.17) is 23.2 Å². The third-order valence-corrected chi connectivity index (χ3v) is 3.21. The van der Waals surface area contributed by atoms with E-state index >= 15 is 0 Å². The summed E-state index contributed by atoms with van der Waals surface area (Å²) in [5.41, 5.74) is 2.77. The van der Waals surface area contributed by atoms with E-state index in [1.54, 1.807) is 6.07 Å². The molecule has 0 heterocycles. The van der Waals surface area contributed by atoms with Crippen LogP contribution in [-0.2, 0) is 6.54 Å². The van der Waals surface area contributed by atoms with Crippen molar-refractivity contribution in [2.45, 2.75) is 6.54 Å². The van der Waals surface area contributed by atoms with Gasteiger partial charge in [0.25, 0.3) is 0 Å². The van der Waals surface area contributed by atoms with Crippen LogP contribution >= 0.6 is 23.2 Å². The molecule has 0 atom stereocenters. The third-order valence-electron chi connectivity index (χ3n) is 2.66. The first kappa shape index (κ1) is 13.3. The highest BCUT2D eigenvalue weighted by atomic mass is 35.5. The second kappa shape index (κ2) is 5.70. The zero-order chi connectivity index (χ0) is 13.1. The molecule has 0 aliphatic rings. The molecule has 0 aromatic heterocycles. The van der Waals surface area contributed by atoms with E-state index in [0.29, 0.717) is 16.6 Å². The number of hydrogen-bond donors (Lipinski definition) is 1. The SMILES string of the molecule is CNCc1ccc(Cl)cc1-c1ccc(F)cc1Cl. The summed E-state index contributed by atoms with van der Waals surface area (Å²) in [7, 11) is 1.87. The highest BCUT2D eigenvalue weighted by Crippen LogP contribution is 2.32. The van der Waals surface area contributed by atoms with Crippen molar-refractivity contribution < 1.29 is 4.39 Å². The molecule has 0 amide bonds. The number of hydrogen-bond acceptors (Lipinski definition) is 1. The largest absolute Gasteiger partial charge is 0.316 e. The van der Waals surface area contributed by atoms with E-state index < -0.39 is 0 Å². The summed E-state index contributed by atoms with van der Waals surface area (Å²) in [6.07, 6.45) is 0. The highest BCUT2D eigenvalue weighted by Gasteiger charge is 2.10.